The number of thiophene rings is 1. The zero-order valence-electron chi connectivity index (χ0n) is 8.53. The fourth-order valence-corrected chi connectivity index (χ4v) is 1.74. The maximum atomic E-state index is 11.6. The molecule has 0 aliphatic carbocycles. The first-order chi connectivity index (χ1) is 6.74. The van der Waals surface area contributed by atoms with Gasteiger partial charge >= 0.3 is 0 Å². The van der Waals surface area contributed by atoms with Crippen LogP contribution in [0.2, 0.25) is 0 Å². The Morgan fingerprint density at radius 2 is 2.43 bits per heavy atom. The minimum Gasteiger partial charge on any atom is -0.383 e. The molecule has 0 saturated heterocycles. The first-order valence-electron chi connectivity index (χ1n) is 4.48. The largest absolute Gasteiger partial charge is 0.383 e. The van der Waals surface area contributed by atoms with Crippen LogP contribution in [0.1, 0.15) is 9.67 Å². The van der Waals surface area contributed by atoms with E-state index in [0.717, 1.165) is 11.4 Å². The molecule has 0 atom stereocenters. The van der Waals surface area contributed by atoms with Gasteiger partial charge in [0.1, 0.15) is 0 Å². The van der Waals surface area contributed by atoms with E-state index in [1.54, 1.807) is 7.11 Å². The predicted octanol–water partition coefficient (Wildman–Crippen LogP) is 1.51. The molecule has 0 N–H and O–H groups in total. The third kappa shape index (κ3) is 3.57. The number of ether oxygens (including phenoxy) is 1. The number of likely N-dealkylation sites (N-methyl/N-ethyl adjacent to an activating group) is 1. The van der Waals surface area contributed by atoms with Crippen molar-refractivity contribution in [1.29, 1.82) is 0 Å². The van der Waals surface area contributed by atoms with Crippen molar-refractivity contribution in [3.05, 3.63) is 22.4 Å². The van der Waals surface area contributed by atoms with Crippen molar-refractivity contribution in [1.82, 2.24) is 4.90 Å². The van der Waals surface area contributed by atoms with Gasteiger partial charge in [0.15, 0.2) is 5.78 Å². The molecule has 0 aliphatic rings. The molecule has 1 aromatic heterocycles. The summed E-state index contributed by atoms with van der Waals surface area (Å²) >= 11 is 1.49. The lowest BCUT2D eigenvalue weighted by atomic mass is 10.3. The number of hydrogen-bond acceptors (Lipinski definition) is 4. The number of nitrogens with zero attached hydrogens (tertiary/aromatic N) is 1. The molecule has 1 rings (SSSR count). The van der Waals surface area contributed by atoms with Crippen molar-refractivity contribution in [3.8, 4) is 0 Å². The standard InChI is InChI=1S/C10H15NO2S/c1-11(5-6-13-2)8-9(12)10-4-3-7-14-10/h3-4,7H,5-6,8H2,1-2H3. The molecule has 0 radical (unpaired) electrons. The highest BCUT2D eigenvalue weighted by molar-refractivity contribution is 7.12. The van der Waals surface area contributed by atoms with Crippen LogP contribution < -0.4 is 0 Å². The number of ketones is 1. The van der Waals surface area contributed by atoms with E-state index >= 15 is 0 Å². The summed E-state index contributed by atoms with van der Waals surface area (Å²) in [4.78, 5) is 14.4. The van der Waals surface area contributed by atoms with Gasteiger partial charge in [-0.1, -0.05) is 6.07 Å². The summed E-state index contributed by atoms with van der Waals surface area (Å²) < 4.78 is 4.93. The van der Waals surface area contributed by atoms with Crippen LogP contribution in [0.5, 0.6) is 0 Å². The molecule has 0 aromatic carbocycles. The molecule has 0 amide bonds. The third-order valence-electron chi connectivity index (χ3n) is 1.89. The van der Waals surface area contributed by atoms with E-state index in [0.29, 0.717) is 13.2 Å². The summed E-state index contributed by atoms with van der Waals surface area (Å²) in [6, 6.07) is 3.75. The highest BCUT2D eigenvalue weighted by Crippen LogP contribution is 2.09. The van der Waals surface area contributed by atoms with Gasteiger partial charge in [-0.2, -0.15) is 0 Å². The lowest BCUT2D eigenvalue weighted by Crippen LogP contribution is -2.28. The number of carbonyl (C=O) groups excluding carboxylic acids is 1. The summed E-state index contributed by atoms with van der Waals surface area (Å²) in [5.74, 6) is 0.179. The van der Waals surface area contributed by atoms with Crippen molar-refractivity contribution in [2.75, 3.05) is 33.9 Å². The Morgan fingerprint density at radius 1 is 1.64 bits per heavy atom. The highest BCUT2D eigenvalue weighted by Gasteiger charge is 2.09. The summed E-state index contributed by atoms with van der Waals surface area (Å²) in [7, 11) is 3.58. The Morgan fingerprint density at radius 3 is 3.00 bits per heavy atom. The fourth-order valence-electron chi connectivity index (χ4n) is 1.09. The molecule has 0 aliphatic heterocycles. The molecule has 4 heteroatoms. The Hall–Kier alpha value is -0.710. The Bertz CT molecular complexity index is 272. The van der Waals surface area contributed by atoms with Gasteiger partial charge < -0.3 is 4.74 Å². The second kappa shape index (κ2) is 5.90. The molecule has 14 heavy (non-hydrogen) atoms. The van der Waals surface area contributed by atoms with Gasteiger partial charge in [0, 0.05) is 13.7 Å². The molecule has 0 unspecified atom stereocenters. The van der Waals surface area contributed by atoms with Crippen LogP contribution in [0.4, 0.5) is 0 Å². The van der Waals surface area contributed by atoms with Gasteiger partial charge in [0.05, 0.1) is 18.0 Å². The smallest absolute Gasteiger partial charge is 0.186 e. The Balaban J connectivity index is 2.34. The summed E-state index contributed by atoms with van der Waals surface area (Å²) in [6.45, 7) is 1.91. The zero-order chi connectivity index (χ0) is 10.4. The van der Waals surface area contributed by atoms with E-state index in [-0.39, 0.29) is 5.78 Å². The van der Waals surface area contributed by atoms with Crippen LogP contribution in [-0.4, -0.2) is 44.5 Å². The molecular formula is C10H15NO2S. The first kappa shape index (κ1) is 11.4. The van der Waals surface area contributed by atoms with E-state index < -0.39 is 0 Å². The topological polar surface area (TPSA) is 29.5 Å². The lowest BCUT2D eigenvalue weighted by Gasteiger charge is -2.13. The summed E-state index contributed by atoms with van der Waals surface area (Å²) in [5, 5.41) is 1.92. The average molecular weight is 213 g/mol. The van der Waals surface area contributed by atoms with E-state index in [1.807, 2.05) is 29.5 Å². The molecule has 1 aromatic rings. The SMILES string of the molecule is COCCN(C)CC(=O)c1cccs1. The van der Waals surface area contributed by atoms with Gasteiger partial charge in [-0.25, -0.2) is 0 Å². The van der Waals surface area contributed by atoms with Gasteiger partial charge in [-0.05, 0) is 18.5 Å². The molecule has 1 heterocycles. The molecule has 3 nitrogen and oxygen atoms in total. The average Bonchev–Trinajstić information content (AvgIpc) is 2.67. The van der Waals surface area contributed by atoms with Crippen LogP contribution in [0.3, 0.4) is 0 Å². The second-order valence-electron chi connectivity index (χ2n) is 3.13. The maximum Gasteiger partial charge on any atom is 0.186 e. The van der Waals surface area contributed by atoms with Crippen molar-refractivity contribution in [2.24, 2.45) is 0 Å². The molecule has 78 valence electrons. The number of rotatable bonds is 6. The third-order valence-corrected chi connectivity index (χ3v) is 2.80. The zero-order valence-corrected chi connectivity index (χ0v) is 9.34. The molecule has 0 fully saturated rings. The van der Waals surface area contributed by atoms with Crippen LogP contribution in [0, 0.1) is 0 Å². The lowest BCUT2D eigenvalue weighted by molar-refractivity contribution is 0.0926. The van der Waals surface area contributed by atoms with E-state index in [2.05, 4.69) is 0 Å². The number of carbonyl (C=O) groups is 1. The van der Waals surface area contributed by atoms with E-state index in [1.165, 1.54) is 11.3 Å². The molecule has 0 bridgehead atoms. The van der Waals surface area contributed by atoms with Crippen LogP contribution in [0.25, 0.3) is 0 Å². The summed E-state index contributed by atoms with van der Waals surface area (Å²) in [5.41, 5.74) is 0. The second-order valence-corrected chi connectivity index (χ2v) is 4.08. The summed E-state index contributed by atoms with van der Waals surface area (Å²) in [6.07, 6.45) is 0. The van der Waals surface area contributed by atoms with Crippen molar-refractivity contribution in [2.45, 2.75) is 0 Å². The minimum atomic E-state index is 0.179. The van der Waals surface area contributed by atoms with Crippen LogP contribution in [-0.2, 0) is 4.74 Å². The molecule has 0 spiro atoms. The fraction of sp³-hybridized carbons (Fsp3) is 0.500. The van der Waals surface area contributed by atoms with Crippen molar-refractivity contribution < 1.29 is 9.53 Å². The number of hydrogen-bond donors (Lipinski definition) is 0. The van der Waals surface area contributed by atoms with Crippen molar-refractivity contribution in [3.63, 3.8) is 0 Å². The monoisotopic (exact) mass is 213 g/mol. The van der Waals surface area contributed by atoms with Crippen LogP contribution >= 0.6 is 11.3 Å². The molecule has 0 saturated carbocycles. The highest BCUT2D eigenvalue weighted by atomic mass is 32.1. The maximum absolute atomic E-state index is 11.6. The quantitative estimate of drug-likeness (QED) is 0.671. The predicted molar refractivity (Wildman–Crippen MR) is 58.0 cm³/mol. The van der Waals surface area contributed by atoms with E-state index in [9.17, 15) is 4.79 Å². The molecular weight excluding hydrogens is 198 g/mol. The van der Waals surface area contributed by atoms with Crippen LogP contribution in [0.15, 0.2) is 17.5 Å². The Kier molecular flexibility index (Phi) is 4.79. The van der Waals surface area contributed by atoms with E-state index in [4.69, 9.17) is 4.74 Å². The normalized spacial score (nSPS) is 10.8. The van der Waals surface area contributed by atoms with Gasteiger partial charge in [-0.3, -0.25) is 9.69 Å². The van der Waals surface area contributed by atoms with Crippen molar-refractivity contribution >= 4 is 17.1 Å². The first-order valence-corrected chi connectivity index (χ1v) is 5.36. The van der Waals surface area contributed by atoms with Gasteiger partial charge in [0.2, 0.25) is 0 Å². The van der Waals surface area contributed by atoms with Gasteiger partial charge in [-0.15, -0.1) is 11.3 Å². The number of Topliss-reactive ketones (excluding diaryl/α,β-unsaturated/α-hetero) is 1. The number of methoxy groups -OCH3 is 1. The minimum absolute atomic E-state index is 0.179. The Labute approximate surface area is 88.3 Å². The van der Waals surface area contributed by atoms with Gasteiger partial charge in [0.25, 0.3) is 0 Å².